The molecule has 0 saturated heterocycles. The van der Waals surface area contributed by atoms with Crippen molar-refractivity contribution in [2.45, 2.75) is 20.8 Å². The summed E-state index contributed by atoms with van der Waals surface area (Å²) in [4.78, 5) is 31.8. The van der Waals surface area contributed by atoms with Crippen LogP contribution < -0.4 is 0 Å². The molecule has 6 nitrogen and oxygen atoms in total. The Labute approximate surface area is 95.5 Å². The molecule has 92 valence electrons. The van der Waals surface area contributed by atoms with Crippen LogP contribution in [0.15, 0.2) is 0 Å². The number of rotatable bonds is 6. The minimum atomic E-state index is -1.73. The monoisotopic (exact) mass is 248 g/mol. The van der Waals surface area contributed by atoms with E-state index in [1.807, 2.05) is 0 Å². The van der Waals surface area contributed by atoms with E-state index < -0.39 is 26.7 Å². The zero-order valence-corrected chi connectivity index (χ0v) is 10.8. The molecule has 0 fully saturated rings. The van der Waals surface area contributed by atoms with Gasteiger partial charge >= 0.3 is 17.9 Å². The van der Waals surface area contributed by atoms with E-state index in [0.717, 1.165) is 0 Å². The van der Waals surface area contributed by atoms with Crippen molar-refractivity contribution in [3.63, 3.8) is 0 Å². The topological polar surface area (TPSA) is 78.9 Å². The molecular formula is C9H16O6Si. The zero-order chi connectivity index (χ0) is 12.6. The molecule has 0 aliphatic heterocycles. The highest BCUT2D eigenvalue weighted by atomic mass is 28.3. The first-order chi connectivity index (χ1) is 7.41. The largest absolute Gasteiger partial charge is 0.470 e. The fraction of sp³-hybridized carbons (Fsp3) is 0.667. The first kappa shape index (κ1) is 14.6. The Morgan fingerprint density at radius 2 is 1.00 bits per heavy atom. The maximum atomic E-state index is 10.6. The summed E-state index contributed by atoms with van der Waals surface area (Å²) < 4.78 is 14.4. The Bertz CT molecular complexity index is 222. The lowest BCUT2D eigenvalue weighted by molar-refractivity contribution is -0.139. The summed E-state index contributed by atoms with van der Waals surface area (Å²) in [6.45, 7) is 3.88. The molecule has 7 heteroatoms. The molecule has 0 atom stereocenters. The number of carbonyl (C=O) groups excluding carboxylic acids is 3. The molecule has 0 spiro atoms. The van der Waals surface area contributed by atoms with Gasteiger partial charge in [-0.1, -0.05) is 0 Å². The van der Waals surface area contributed by atoms with Crippen molar-refractivity contribution in [2.75, 3.05) is 18.7 Å². The second-order valence-electron chi connectivity index (χ2n) is 3.27. The molecular weight excluding hydrogens is 232 g/mol. The fourth-order valence-electron chi connectivity index (χ4n) is 0.850. The average molecular weight is 248 g/mol. The molecule has 0 aliphatic carbocycles. The van der Waals surface area contributed by atoms with Gasteiger partial charge in [-0.3, -0.25) is 14.4 Å². The van der Waals surface area contributed by atoms with E-state index >= 15 is 0 Å². The van der Waals surface area contributed by atoms with Crippen LogP contribution in [0.3, 0.4) is 0 Å². The van der Waals surface area contributed by atoms with Crippen LogP contribution in [0.1, 0.15) is 20.8 Å². The van der Waals surface area contributed by atoms with Crippen LogP contribution in [0, 0.1) is 0 Å². The Hall–Kier alpha value is -1.37. The van der Waals surface area contributed by atoms with Crippen LogP contribution in [-0.4, -0.2) is 45.4 Å². The molecule has 0 heterocycles. The number of hydrogen-bond acceptors (Lipinski definition) is 6. The zero-order valence-electron chi connectivity index (χ0n) is 9.65. The molecule has 0 aliphatic rings. The third-order valence-electron chi connectivity index (χ3n) is 1.57. The number of ether oxygens (including phenoxy) is 3. The van der Waals surface area contributed by atoms with Crippen molar-refractivity contribution in [3.8, 4) is 0 Å². The highest BCUT2D eigenvalue weighted by molar-refractivity contribution is 6.58. The number of hydrogen-bond donors (Lipinski definition) is 0. The number of carbonyl (C=O) groups is 3. The molecule has 0 bridgehead atoms. The Morgan fingerprint density at radius 1 is 0.750 bits per heavy atom. The molecule has 0 rings (SSSR count). The third kappa shape index (κ3) is 9.19. The summed E-state index contributed by atoms with van der Waals surface area (Å²) in [5.74, 6) is -1.20. The normalized spacial score (nSPS) is 9.75. The van der Waals surface area contributed by atoms with Crippen LogP contribution in [0.5, 0.6) is 0 Å². The van der Waals surface area contributed by atoms with Crippen molar-refractivity contribution in [1.82, 2.24) is 0 Å². The van der Waals surface area contributed by atoms with Gasteiger partial charge in [-0.05, 0) is 0 Å². The molecule has 0 unspecified atom stereocenters. The van der Waals surface area contributed by atoms with Crippen LogP contribution in [0.25, 0.3) is 0 Å². The maximum Gasteiger partial charge on any atom is 0.302 e. The van der Waals surface area contributed by atoms with Crippen molar-refractivity contribution in [2.24, 2.45) is 0 Å². The fourth-order valence-corrected chi connectivity index (χ4v) is 2.55. The summed E-state index contributed by atoms with van der Waals surface area (Å²) in [6, 6.07) is 0. The Kier molecular flexibility index (Phi) is 7.18. The smallest absolute Gasteiger partial charge is 0.302 e. The number of esters is 3. The predicted molar refractivity (Wildman–Crippen MR) is 57.0 cm³/mol. The molecule has 0 radical (unpaired) electrons. The van der Waals surface area contributed by atoms with Gasteiger partial charge in [0.15, 0.2) is 8.80 Å². The highest BCUT2D eigenvalue weighted by Crippen LogP contribution is 1.92. The summed E-state index contributed by atoms with van der Waals surface area (Å²) in [6.07, 6.45) is 0.571. The van der Waals surface area contributed by atoms with Crippen molar-refractivity contribution >= 4 is 26.7 Å². The summed E-state index contributed by atoms with van der Waals surface area (Å²) >= 11 is 0. The quantitative estimate of drug-likeness (QED) is 0.359. The third-order valence-corrected chi connectivity index (χ3v) is 3.48. The van der Waals surface area contributed by atoms with E-state index in [4.69, 9.17) is 14.2 Å². The molecule has 0 aromatic carbocycles. The van der Waals surface area contributed by atoms with Crippen LogP contribution >= 0.6 is 0 Å². The lowest BCUT2D eigenvalue weighted by Crippen LogP contribution is -2.35. The van der Waals surface area contributed by atoms with Gasteiger partial charge in [-0.25, -0.2) is 0 Å². The lowest BCUT2D eigenvalue weighted by Gasteiger charge is -2.14. The van der Waals surface area contributed by atoms with E-state index in [9.17, 15) is 14.4 Å². The lowest BCUT2D eigenvalue weighted by atomic mass is 10.8. The first-order valence-electron chi connectivity index (χ1n) is 4.82. The minimum absolute atomic E-state index is 0.190. The molecule has 16 heavy (non-hydrogen) atoms. The van der Waals surface area contributed by atoms with E-state index in [1.165, 1.54) is 20.8 Å². The second-order valence-corrected chi connectivity index (χ2v) is 6.01. The van der Waals surface area contributed by atoms with E-state index in [1.54, 1.807) is 0 Å². The standard InChI is InChI=1S/C9H16O6Si/c1-7(10)13-4-16(5-14-8(2)11)6-15-9(3)12/h16H,4-6H2,1-3H3. The van der Waals surface area contributed by atoms with Gasteiger partial charge in [0.2, 0.25) is 0 Å². The highest BCUT2D eigenvalue weighted by Gasteiger charge is 2.16. The van der Waals surface area contributed by atoms with Gasteiger partial charge in [-0.15, -0.1) is 0 Å². The summed E-state index contributed by atoms with van der Waals surface area (Å²) in [7, 11) is -1.73. The summed E-state index contributed by atoms with van der Waals surface area (Å²) in [5.41, 5.74) is 0. The summed E-state index contributed by atoms with van der Waals surface area (Å²) in [5, 5.41) is 0. The van der Waals surface area contributed by atoms with Crippen LogP contribution in [0.2, 0.25) is 0 Å². The van der Waals surface area contributed by atoms with E-state index in [-0.39, 0.29) is 18.7 Å². The van der Waals surface area contributed by atoms with Gasteiger partial charge in [0.25, 0.3) is 0 Å². The molecule has 0 N–H and O–H groups in total. The molecule has 0 saturated carbocycles. The Morgan fingerprint density at radius 3 is 1.19 bits per heavy atom. The maximum absolute atomic E-state index is 10.6. The van der Waals surface area contributed by atoms with Crippen LogP contribution in [0.4, 0.5) is 0 Å². The Balaban J connectivity index is 3.98. The van der Waals surface area contributed by atoms with Crippen molar-refractivity contribution < 1.29 is 28.6 Å². The SMILES string of the molecule is CC(=O)OC[SiH](COC(C)=O)COC(C)=O. The van der Waals surface area contributed by atoms with Gasteiger partial charge in [0.05, 0.1) is 18.7 Å². The van der Waals surface area contributed by atoms with E-state index in [0.29, 0.717) is 0 Å². The minimum Gasteiger partial charge on any atom is -0.470 e. The van der Waals surface area contributed by atoms with Gasteiger partial charge in [-0.2, -0.15) is 0 Å². The van der Waals surface area contributed by atoms with E-state index in [2.05, 4.69) is 0 Å². The molecule has 0 aromatic heterocycles. The van der Waals surface area contributed by atoms with Gasteiger partial charge in [0.1, 0.15) is 0 Å². The second kappa shape index (κ2) is 7.86. The average Bonchev–Trinajstić information content (AvgIpc) is 2.15. The molecule has 0 aromatic rings. The van der Waals surface area contributed by atoms with Gasteiger partial charge < -0.3 is 14.2 Å². The van der Waals surface area contributed by atoms with Crippen molar-refractivity contribution in [1.29, 1.82) is 0 Å². The van der Waals surface area contributed by atoms with Gasteiger partial charge in [0, 0.05) is 20.8 Å². The first-order valence-corrected chi connectivity index (χ1v) is 7.27. The predicted octanol–water partition coefficient (Wildman–Crippen LogP) is -0.480. The molecule has 0 amide bonds. The van der Waals surface area contributed by atoms with Crippen LogP contribution in [-0.2, 0) is 28.6 Å². The van der Waals surface area contributed by atoms with Crippen molar-refractivity contribution in [3.05, 3.63) is 0 Å².